The van der Waals surface area contributed by atoms with Crippen molar-refractivity contribution in [2.75, 3.05) is 7.11 Å². The second-order valence-corrected chi connectivity index (χ2v) is 4.02. The fourth-order valence-corrected chi connectivity index (χ4v) is 2.00. The summed E-state index contributed by atoms with van der Waals surface area (Å²) >= 11 is 0. The number of rotatable bonds is 4. The molecule has 0 saturated heterocycles. The minimum Gasteiger partial charge on any atom is -0.493 e. The first-order chi connectivity index (χ1) is 8.69. The monoisotopic (exact) mass is 244 g/mol. The molecule has 2 rings (SSSR count). The first-order valence-corrected chi connectivity index (χ1v) is 5.87. The highest BCUT2D eigenvalue weighted by atomic mass is 16.5. The Kier molecular flexibility index (Phi) is 3.46. The Hall–Kier alpha value is -2.10. The number of hydrogen-bond donors (Lipinski definition) is 0. The number of nitrogens with zero attached hydrogens (tertiary/aromatic N) is 2. The Balaban J connectivity index is 2.51. The normalized spacial score (nSPS) is 10.4. The zero-order valence-corrected chi connectivity index (χ0v) is 10.8. The molecule has 1 aromatic heterocycles. The predicted octanol–water partition coefficient (Wildman–Crippen LogP) is 2.22. The van der Waals surface area contributed by atoms with Crippen LogP contribution in [0.2, 0.25) is 0 Å². The predicted molar refractivity (Wildman–Crippen MR) is 69.0 cm³/mol. The van der Waals surface area contributed by atoms with Crippen LogP contribution in [-0.4, -0.2) is 22.7 Å². The molecule has 94 valence electrons. The average molecular weight is 244 g/mol. The zero-order valence-electron chi connectivity index (χ0n) is 10.8. The third-order valence-corrected chi connectivity index (χ3v) is 2.98. The Bertz CT molecular complexity index is 573. The molecule has 2 aromatic rings. The van der Waals surface area contributed by atoms with Crippen molar-refractivity contribution < 1.29 is 9.53 Å². The molecule has 0 saturated carbocycles. The molecule has 0 radical (unpaired) electrons. The quantitative estimate of drug-likeness (QED) is 0.775. The molecule has 0 amide bonds. The maximum Gasteiger partial charge on any atom is 0.215 e. The van der Waals surface area contributed by atoms with Gasteiger partial charge in [0.25, 0.3) is 0 Å². The van der Waals surface area contributed by atoms with Crippen LogP contribution in [0, 0.1) is 0 Å². The fourth-order valence-electron chi connectivity index (χ4n) is 2.00. The first kappa shape index (κ1) is 12.4. The van der Waals surface area contributed by atoms with Crippen molar-refractivity contribution in [2.24, 2.45) is 7.05 Å². The van der Waals surface area contributed by atoms with Crippen LogP contribution in [0.3, 0.4) is 0 Å². The van der Waals surface area contributed by atoms with Crippen LogP contribution >= 0.6 is 0 Å². The van der Waals surface area contributed by atoms with Crippen LogP contribution in [0.15, 0.2) is 30.5 Å². The molecule has 0 aliphatic carbocycles. The Morgan fingerprint density at radius 2 is 2.11 bits per heavy atom. The number of methoxy groups -OCH3 is 1. The summed E-state index contributed by atoms with van der Waals surface area (Å²) < 4.78 is 6.73. The number of ether oxygens (including phenoxy) is 1. The molecule has 1 aromatic carbocycles. The molecule has 18 heavy (non-hydrogen) atoms. The summed E-state index contributed by atoms with van der Waals surface area (Å²) in [4.78, 5) is 12.5. The van der Waals surface area contributed by atoms with Gasteiger partial charge in [-0.2, -0.15) is 5.10 Å². The highest BCUT2D eigenvalue weighted by molar-refractivity contribution is 6.10. The van der Waals surface area contributed by atoms with Crippen molar-refractivity contribution in [1.82, 2.24) is 9.78 Å². The molecule has 0 N–H and O–H groups in total. The third-order valence-electron chi connectivity index (χ3n) is 2.98. The van der Waals surface area contributed by atoms with Gasteiger partial charge in [0.05, 0.1) is 13.3 Å². The Morgan fingerprint density at radius 1 is 1.39 bits per heavy atom. The molecule has 0 fully saturated rings. The highest BCUT2D eigenvalue weighted by Crippen LogP contribution is 2.22. The summed E-state index contributed by atoms with van der Waals surface area (Å²) in [6.07, 6.45) is 2.38. The second-order valence-electron chi connectivity index (χ2n) is 4.02. The molecule has 0 aliphatic heterocycles. The van der Waals surface area contributed by atoms with E-state index in [1.165, 1.54) is 0 Å². The molecule has 0 atom stereocenters. The topological polar surface area (TPSA) is 44.1 Å². The van der Waals surface area contributed by atoms with Crippen LogP contribution < -0.4 is 4.74 Å². The largest absolute Gasteiger partial charge is 0.493 e. The van der Waals surface area contributed by atoms with Gasteiger partial charge in [-0.1, -0.05) is 31.2 Å². The maximum absolute atomic E-state index is 12.5. The molecule has 0 spiro atoms. The number of aromatic nitrogens is 2. The van der Waals surface area contributed by atoms with E-state index in [2.05, 4.69) is 5.10 Å². The molecule has 0 unspecified atom stereocenters. The summed E-state index contributed by atoms with van der Waals surface area (Å²) in [5, 5.41) is 4.06. The van der Waals surface area contributed by atoms with Crippen molar-refractivity contribution in [1.29, 1.82) is 0 Å². The van der Waals surface area contributed by atoms with Gasteiger partial charge in [0, 0.05) is 12.6 Å². The van der Waals surface area contributed by atoms with Crippen LogP contribution in [0.4, 0.5) is 0 Å². The van der Waals surface area contributed by atoms with Gasteiger partial charge < -0.3 is 4.74 Å². The van der Waals surface area contributed by atoms with E-state index in [1.54, 1.807) is 25.0 Å². The standard InChI is InChI=1S/C14H16N2O2/c1-4-10-7-5-6-8-11(10)14(17)13-12(18-3)9-15-16(13)2/h5-9H,4H2,1-3H3. The number of carbonyl (C=O) groups excluding carboxylic acids is 1. The Labute approximate surface area is 106 Å². The van der Waals surface area contributed by atoms with Gasteiger partial charge >= 0.3 is 0 Å². The molecular weight excluding hydrogens is 228 g/mol. The van der Waals surface area contributed by atoms with Gasteiger partial charge in [0.15, 0.2) is 11.4 Å². The van der Waals surface area contributed by atoms with E-state index in [9.17, 15) is 4.79 Å². The van der Waals surface area contributed by atoms with Gasteiger partial charge in [0.1, 0.15) is 0 Å². The minimum atomic E-state index is -0.0516. The van der Waals surface area contributed by atoms with E-state index in [1.807, 2.05) is 31.2 Å². The molecule has 4 heteroatoms. The van der Waals surface area contributed by atoms with Gasteiger partial charge in [-0.25, -0.2) is 0 Å². The molecule has 1 heterocycles. The first-order valence-electron chi connectivity index (χ1n) is 5.87. The summed E-state index contributed by atoms with van der Waals surface area (Å²) in [6.45, 7) is 2.03. The number of ketones is 1. The van der Waals surface area contributed by atoms with Gasteiger partial charge in [0.2, 0.25) is 5.78 Å². The number of carbonyl (C=O) groups is 1. The van der Waals surface area contributed by atoms with Gasteiger partial charge in [-0.05, 0) is 12.0 Å². The second kappa shape index (κ2) is 5.04. The van der Waals surface area contributed by atoms with E-state index in [-0.39, 0.29) is 5.78 Å². The van der Waals surface area contributed by atoms with E-state index in [4.69, 9.17) is 4.74 Å². The zero-order chi connectivity index (χ0) is 13.1. The summed E-state index contributed by atoms with van der Waals surface area (Å²) in [5.41, 5.74) is 2.23. The lowest BCUT2D eigenvalue weighted by atomic mass is 9.99. The summed E-state index contributed by atoms with van der Waals surface area (Å²) in [6, 6.07) is 7.62. The lowest BCUT2D eigenvalue weighted by molar-refractivity contribution is 0.102. The average Bonchev–Trinajstić information content (AvgIpc) is 2.79. The summed E-state index contributed by atoms with van der Waals surface area (Å²) in [7, 11) is 3.28. The lowest BCUT2D eigenvalue weighted by Crippen LogP contribution is -2.11. The van der Waals surface area contributed by atoms with Crippen LogP contribution in [0.1, 0.15) is 28.5 Å². The van der Waals surface area contributed by atoms with Crippen molar-refractivity contribution in [3.8, 4) is 5.75 Å². The van der Waals surface area contributed by atoms with Crippen LogP contribution in [-0.2, 0) is 13.5 Å². The Morgan fingerprint density at radius 3 is 2.78 bits per heavy atom. The molecular formula is C14H16N2O2. The van der Waals surface area contributed by atoms with Crippen molar-refractivity contribution in [3.63, 3.8) is 0 Å². The fraction of sp³-hybridized carbons (Fsp3) is 0.286. The van der Waals surface area contributed by atoms with Crippen molar-refractivity contribution >= 4 is 5.78 Å². The molecule has 0 bridgehead atoms. The summed E-state index contributed by atoms with van der Waals surface area (Å²) in [5.74, 6) is 0.456. The van der Waals surface area contributed by atoms with Crippen molar-refractivity contribution in [3.05, 3.63) is 47.3 Å². The van der Waals surface area contributed by atoms with E-state index < -0.39 is 0 Å². The molecule has 0 aliphatic rings. The smallest absolute Gasteiger partial charge is 0.215 e. The van der Waals surface area contributed by atoms with Crippen LogP contribution in [0.5, 0.6) is 5.75 Å². The number of benzene rings is 1. The third kappa shape index (κ3) is 2.01. The maximum atomic E-state index is 12.5. The SMILES string of the molecule is CCc1ccccc1C(=O)c1c(OC)cnn1C. The van der Waals surface area contributed by atoms with Gasteiger partial charge in [-0.3, -0.25) is 9.48 Å². The van der Waals surface area contributed by atoms with E-state index in [0.29, 0.717) is 17.0 Å². The number of hydrogen-bond acceptors (Lipinski definition) is 3. The lowest BCUT2D eigenvalue weighted by Gasteiger charge is -2.08. The number of aryl methyl sites for hydroxylation is 2. The highest BCUT2D eigenvalue weighted by Gasteiger charge is 2.20. The van der Waals surface area contributed by atoms with Crippen LogP contribution in [0.25, 0.3) is 0 Å². The van der Waals surface area contributed by atoms with E-state index >= 15 is 0 Å². The molecule has 4 nitrogen and oxygen atoms in total. The van der Waals surface area contributed by atoms with E-state index in [0.717, 1.165) is 12.0 Å². The van der Waals surface area contributed by atoms with Crippen molar-refractivity contribution in [2.45, 2.75) is 13.3 Å². The minimum absolute atomic E-state index is 0.0516. The van der Waals surface area contributed by atoms with Gasteiger partial charge in [-0.15, -0.1) is 0 Å².